The zero-order chi connectivity index (χ0) is 14.8. The molecule has 0 atom stereocenters. The van der Waals surface area contributed by atoms with Crippen LogP contribution >= 0.6 is 0 Å². The molecule has 0 aliphatic rings. The van der Waals surface area contributed by atoms with Crippen molar-refractivity contribution in [3.8, 4) is 0 Å². The molecule has 1 N–H and O–H groups in total. The molecule has 0 saturated carbocycles. The normalized spacial score (nSPS) is 10.8. The Hall–Kier alpha value is -2.56. The third-order valence-electron chi connectivity index (χ3n) is 3.16. The first-order chi connectivity index (χ1) is 10.1. The SMILES string of the molecule is Fc1cc(F)c(CNc2cnc3ccccc3c2)cc1F. The first-order valence-electron chi connectivity index (χ1n) is 6.35. The molecule has 0 fully saturated rings. The minimum absolute atomic E-state index is 0.0447. The lowest BCUT2D eigenvalue weighted by molar-refractivity contribution is 0.490. The highest BCUT2D eigenvalue weighted by molar-refractivity contribution is 5.81. The predicted octanol–water partition coefficient (Wildman–Crippen LogP) is 4.26. The van der Waals surface area contributed by atoms with Gasteiger partial charge in [0.15, 0.2) is 11.6 Å². The van der Waals surface area contributed by atoms with Gasteiger partial charge in [-0.3, -0.25) is 4.98 Å². The number of para-hydroxylation sites is 1. The van der Waals surface area contributed by atoms with Gasteiger partial charge in [-0.1, -0.05) is 18.2 Å². The molecule has 3 rings (SSSR count). The van der Waals surface area contributed by atoms with E-state index in [0.717, 1.165) is 17.0 Å². The van der Waals surface area contributed by atoms with Gasteiger partial charge in [0.1, 0.15) is 5.82 Å². The smallest absolute Gasteiger partial charge is 0.161 e. The second kappa shape index (κ2) is 5.44. The molecule has 1 heterocycles. The van der Waals surface area contributed by atoms with E-state index in [-0.39, 0.29) is 12.1 Å². The lowest BCUT2D eigenvalue weighted by Crippen LogP contribution is -2.04. The van der Waals surface area contributed by atoms with Crippen molar-refractivity contribution in [2.45, 2.75) is 6.54 Å². The van der Waals surface area contributed by atoms with Crippen LogP contribution in [0.5, 0.6) is 0 Å². The van der Waals surface area contributed by atoms with Crippen molar-refractivity contribution in [1.82, 2.24) is 4.98 Å². The quantitative estimate of drug-likeness (QED) is 0.728. The van der Waals surface area contributed by atoms with E-state index in [0.29, 0.717) is 11.8 Å². The molecule has 0 aliphatic heterocycles. The van der Waals surface area contributed by atoms with Gasteiger partial charge in [-0.15, -0.1) is 0 Å². The Morgan fingerprint density at radius 2 is 1.67 bits per heavy atom. The summed E-state index contributed by atoms with van der Waals surface area (Å²) in [6, 6.07) is 10.8. The number of anilines is 1. The van der Waals surface area contributed by atoms with Crippen molar-refractivity contribution in [2.75, 3.05) is 5.32 Å². The standard InChI is InChI=1S/C16H11F3N2/c17-13-7-15(19)14(18)6-11(13)8-20-12-5-10-3-1-2-4-16(10)21-9-12/h1-7,9,20H,8H2. The number of hydrogen-bond acceptors (Lipinski definition) is 2. The summed E-state index contributed by atoms with van der Waals surface area (Å²) in [4.78, 5) is 4.26. The highest BCUT2D eigenvalue weighted by Gasteiger charge is 2.09. The summed E-state index contributed by atoms with van der Waals surface area (Å²) in [5, 5.41) is 3.89. The Bertz CT molecular complexity index is 803. The maximum Gasteiger partial charge on any atom is 0.161 e. The monoisotopic (exact) mass is 288 g/mol. The Morgan fingerprint density at radius 1 is 0.905 bits per heavy atom. The van der Waals surface area contributed by atoms with Gasteiger partial charge in [0.2, 0.25) is 0 Å². The Balaban J connectivity index is 1.81. The van der Waals surface area contributed by atoms with Crippen LogP contribution in [0.15, 0.2) is 48.7 Å². The Kier molecular flexibility index (Phi) is 3.48. The molecule has 0 radical (unpaired) electrons. The molecule has 0 bridgehead atoms. The van der Waals surface area contributed by atoms with Crippen LogP contribution in [0, 0.1) is 17.5 Å². The lowest BCUT2D eigenvalue weighted by Gasteiger charge is -2.08. The van der Waals surface area contributed by atoms with Crippen molar-refractivity contribution < 1.29 is 13.2 Å². The number of nitrogens with zero attached hydrogens (tertiary/aromatic N) is 1. The molecule has 0 spiro atoms. The number of aromatic nitrogens is 1. The van der Waals surface area contributed by atoms with Crippen LogP contribution in [0.2, 0.25) is 0 Å². The van der Waals surface area contributed by atoms with E-state index >= 15 is 0 Å². The first kappa shape index (κ1) is 13.4. The number of nitrogens with one attached hydrogen (secondary N) is 1. The topological polar surface area (TPSA) is 24.9 Å². The number of pyridine rings is 1. The molecule has 21 heavy (non-hydrogen) atoms. The Labute approximate surface area is 119 Å². The van der Waals surface area contributed by atoms with Crippen LogP contribution in [0.4, 0.5) is 18.9 Å². The highest BCUT2D eigenvalue weighted by atomic mass is 19.2. The van der Waals surface area contributed by atoms with Gasteiger partial charge in [0.25, 0.3) is 0 Å². The summed E-state index contributed by atoms with van der Waals surface area (Å²) in [6.45, 7) is 0.0447. The van der Waals surface area contributed by atoms with Crippen LogP contribution in [-0.4, -0.2) is 4.98 Å². The molecule has 2 nitrogen and oxygen atoms in total. The lowest BCUT2D eigenvalue weighted by atomic mass is 10.2. The largest absolute Gasteiger partial charge is 0.380 e. The van der Waals surface area contributed by atoms with Crippen LogP contribution in [0.25, 0.3) is 10.9 Å². The maximum absolute atomic E-state index is 13.5. The summed E-state index contributed by atoms with van der Waals surface area (Å²) in [6.07, 6.45) is 1.61. The number of halogens is 3. The number of benzene rings is 2. The summed E-state index contributed by atoms with van der Waals surface area (Å²) in [5.74, 6) is -3.04. The maximum atomic E-state index is 13.5. The van der Waals surface area contributed by atoms with E-state index < -0.39 is 17.5 Å². The average Bonchev–Trinajstić information content (AvgIpc) is 2.49. The first-order valence-corrected chi connectivity index (χ1v) is 6.35. The van der Waals surface area contributed by atoms with Gasteiger partial charge in [0, 0.05) is 23.6 Å². The molecule has 0 unspecified atom stereocenters. The fourth-order valence-corrected chi connectivity index (χ4v) is 2.06. The van der Waals surface area contributed by atoms with Crippen LogP contribution in [0.3, 0.4) is 0 Å². The van der Waals surface area contributed by atoms with Gasteiger partial charge in [-0.25, -0.2) is 13.2 Å². The third-order valence-corrected chi connectivity index (χ3v) is 3.16. The van der Waals surface area contributed by atoms with Gasteiger partial charge in [-0.2, -0.15) is 0 Å². The molecule has 0 amide bonds. The molecule has 0 aliphatic carbocycles. The molecule has 1 aromatic heterocycles. The van der Waals surface area contributed by atoms with Crippen LogP contribution in [0.1, 0.15) is 5.56 Å². The fourth-order valence-electron chi connectivity index (χ4n) is 2.06. The number of hydrogen-bond donors (Lipinski definition) is 1. The summed E-state index contributed by atoms with van der Waals surface area (Å²) in [5.41, 5.74) is 1.59. The molecule has 106 valence electrons. The van der Waals surface area contributed by atoms with E-state index in [4.69, 9.17) is 0 Å². The van der Waals surface area contributed by atoms with Crippen LogP contribution in [-0.2, 0) is 6.54 Å². The zero-order valence-electron chi connectivity index (χ0n) is 10.9. The van der Waals surface area contributed by atoms with Crippen molar-refractivity contribution in [3.05, 3.63) is 71.7 Å². The van der Waals surface area contributed by atoms with E-state index in [2.05, 4.69) is 10.3 Å². The molecular weight excluding hydrogens is 277 g/mol. The summed E-state index contributed by atoms with van der Waals surface area (Å²) in [7, 11) is 0. The predicted molar refractivity (Wildman–Crippen MR) is 75.4 cm³/mol. The van der Waals surface area contributed by atoms with E-state index in [1.54, 1.807) is 6.20 Å². The number of fused-ring (bicyclic) bond motifs is 1. The molecule has 0 saturated heterocycles. The number of rotatable bonds is 3. The van der Waals surface area contributed by atoms with Crippen molar-refractivity contribution in [1.29, 1.82) is 0 Å². The highest BCUT2D eigenvalue weighted by Crippen LogP contribution is 2.18. The van der Waals surface area contributed by atoms with Crippen molar-refractivity contribution in [2.24, 2.45) is 0 Å². The summed E-state index contributed by atoms with van der Waals surface area (Å²) < 4.78 is 39.5. The Morgan fingerprint density at radius 3 is 2.52 bits per heavy atom. The van der Waals surface area contributed by atoms with Gasteiger partial charge in [-0.05, 0) is 18.2 Å². The molecule has 2 aromatic carbocycles. The minimum Gasteiger partial charge on any atom is -0.380 e. The van der Waals surface area contributed by atoms with Gasteiger partial charge >= 0.3 is 0 Å². The van der Waals surface area contributed by atoms with Crippen molar-refractivity contribution >= 4 is 16.6 Å². The van der Waals surface area contributed by atoms with Crippen molar-refractivity contribution in [3.63, 3.8) is 0 Å². The molecule has 3 aromatic rings. The third kappa shape index (κ3) is 2.81. The van der Waals surface area contributed by atoms with Gasteiger partial charge < -0.3 is 5.32 Å². The van der Waals surface area contributed by atoms with Crippen LogP contribution < -0.4 is 5.32 Å². The molecule has 5 heteroatoms. The fraction of sp³-hybridized carbons (Fsp3) is 0.0625. The second-order valence-corrected chi connectivity index (χ2v) is 4.63. The van der Waals surface area contributed by atoms with Gasteiger partial charge in [0.05, 0.1) is 17.4 Å². The summed E-state index contributed by atoms with van der Waals surface area (Å²) >= 11 is 0. The minimum atomic E-state index is -1.19. The zero-order valence-corrected chi connectivity index (χ0v) is 10.9. The second-order valence-electron chi connectivity index (χ2n) is 4.63. The molecular formula is C16H11F3N2. The average molecular weight is 288 g/mol. The van der Waals surface area contributed by atoms with E-state index in [1.165, 1.54) is 0 Å². The van der Waals surface area contributed by atoms with E-state index in [1.807, 2.05) is 30.3 Å². The van der Waals surface area contributed by atoms with E-state index in [9.17, 15) is 13.2 Å².